The number of morpholine rings is 1. The first-order chi connectivity index (χ1) is 44.9. The molecule has 0 bridgehead atoms. The van der Waals surface area contributed by atoms with Crippen LogP contribution in [0.4, 0.5) is 4.79 Å². The van der Waals surface area contributed by atoms with Crippen LogP contribution in [-0.4, -0.2) is 264 Å². The molecule has 0 aliphatic carbocycles. The Morgan fingerprint density at radius 1 is 0.495 bits per heavy atom. The highest BCUT2D eigenvalue weighted by Gasteiger charge is 2.46. The summed E-state index contributed by atoms with van der Waals surface area (Å²) in [5.41, 5.74) is 0.296. The zero-order valence-electron chi connectivity index (χ0n) is 62.3. The normalized spacial score (nSPS) is 26.7. The largest absolute Gasteiger partial charge is 0.510 e. The molecule has 2 fully saturated rings. The highest BCUT2D eigenvalue weighted by Crippen LogP contribution is 2.25. The lowest BCUT2D eigenvalue weighted by Gasteiger charge is -2.39. The molecule has 29 nitrogen and oxygen atoms in total. The first-order valence-corrected chi connectivity index (χ1v) is 34.2. The van der Waals surface area contributed by atoms with Crippen molar-refractivity contribution in [3.8, 4) is 0 Å². The molecule has 0 radical (unpaired) electrons. The van der Waals surface area contributed by atoms with E-state index in [0.29, 0.717) is 18.4 Å². The second kappa shape index (κ2) is 39.1. The van der Waals surface area contributed by atoms with E-state index in [1.54, 1.807) is 34.6 Å². The van der Waals surface area contributed by atoms with Crippen LogP contribution >= 0.6 is 0 Å². The number of likely N-dealkylation sites (N-methyl/N-ethyl adjacent to an activating group) is 6. The predicted octanol–water partition coefficient (Wildman–Crippen LogP) is 3.12. The van der Waals surface area contributed by atoms with Crippen LogP contribution < -0.4 is 26.6 Å². The Morgan fingerprint density at radius 2 is 0.948 bits per heavy atom. The van der Waals surface area contributed by atoms with Gasteiger partial charge >= 0.3 is 12.1 Å². The van der Waals surface area contributed by atoms with Gasteiger partial charge in [-0.2, -0.15) is 0 Å². The summed E-state index contributed by atoms with van der Waals surface area (Å²) in [6, 6.07) is -16.2. The SMILES string of the molecule is CCCCC(C)=C(O)[C@H]1C(=O)N[C@@H]([C@@H](C)OC(C)=O)C(=O)N(C)[C@H](C)C(=O)N(C)[C@@H](C(C)OC(=O)N2CCOCC2)C(=O)N[C@@H](CC(C)C)C(=O)N(C)[C@@H](CC(C)C)C(=O)N[C@@H](C)C(=O)N[C@H](C)C(=O)N(C)[C@@H](CC(C)C)C(=O)N[C@@H](CC(C)C)C(=O)N(C)[C@@H](C(C)C)C(=O)N1C. The van der Waals surface area contributed by atoms with Crippen LogP contribution in [0, 0.1) is 29.6 Å². The Balaban J connectivity index is 3.16. The lowest BCUT2D eigenvalue weighted by Crippen LogP contribution is -2.64. The molecule has 2 aliphatic heterocycles. The highest BCUT2D eigenvalue weighted by atomic mass is 16.6. The van der Waals surface area contributed by atoms with Crippen LogP contribution in [0.1, 0.15) is 170 Å². The van der Waals surface area contributed by atoms with Crippen LogP contribution in [0.3, 0.4) is 0 Å². The molecule has 552 valence electrons. The van der Waals surface area contributed by atoms with Crippen LogP contribution in [0.15, 0.2) is 11.3 Å². The molecule has 0 aromatic heterocycles. The molecular weight excluding hydrogens is 1260 g/mol. The zero-order valence-corrected chi connectivity index (χ0v) is 62.3. The number of nitrogens with one attached hydrogen (secondary N) is 5. The van der Waals surface area contributed by atoms with E-state index in [9.17, 15) is 38.7 Å². The van der Waals surface area contributed by atoms with Crippen molar-refractivity contribution in [3.63, 3.8) is 0 Å². The van der Waals surface area contributed by atoms with Gasteiger partial charge in [-0.05, 0) is 115 Å². The topological polar surface area (TPSA) is 353 Å². The fourth-order valence-corrected chi connectivity index (χ4v) is 11.9. The number of carbonyl (C=O) groups excluding carboxylic acids is 13. The van der Waals surface area contributed by atoms with E-state index in [1.807, 2.05) is 48.5 Å². The quantitative estimate of drug-likeness (QED) is 0.0900. The third-order valence-electron chi connectivity index (χ3n) is 17.7. The van der Waals surface area contributed by atoms with E-state index in [1.165, 1.54) is 86.7 Å². The number of hydrogen-bond acceptors (Lipinski definition) is 17. The van der Waals surface area contributed by atoms with Crippen molar-refractivity contribution in [1.82, 2.24) is 60.9 Å². The summed E-state index contributed by atoms with van der Waals surface area (Å²) in [4.78, 5) is 198. The van der Waals surface area contributed by atoms with Crippen LogP contribution in [-0.2, 0) is 71.7 Å². The summed E-state index contributed by atoms with van der Waals surface area (Å²) in [5.74, 6) is -12.4. The number of amides is 12. The second-order valence-electron chi connectivity index (χ2n) is 28.3. The van der Waals surface area contributed by atoms with Gasteiger partial charge < -0.3 is 80.2 Å². The Morgan fingerprint density at radius 3 is 1.42 bits per heavy atom. The lowest BCUT2D eigenvalue weighted by molar-refractivity contribution is -0.156. The molecule has 0 aromatic rings. The minimum atomic E-state index is -1.92. The average molecular weight is 1380 g/mol. The van der Waals surface area contributed by atoms with Crippen molar-refractivity contribution >= 4 is 77.0 Å². The molecule has 12 amide bonds. The van der Waals surface area contributed by atoms with Gasteiger partial charge in [0.1, 0.15) is 78.4 Å². The summed E-state index contributed by atoms with van der Waals surface area (Å²) in [7, 11) is 7.79. The van der Waals surface area contributed by atoms with E-state index >= 15 is 28.8 Å². The Hall–Kier alpha value is -7.59. The van der Waals surface area contributed by atoms with E-state index < -0.39 is 167 Å². The van der Waals surface area contributed by atoms with E-state index in [4.69, 9.17) is 14.2 Å². The van der Waals surface area contributed by atoms with Crippen molar-refractivity contribution < 1.29 is 81.6 Å². The number of ether oxygens (including phenoxy) is 3. The monoisotopic (exact) mass is 1370 g/mol. The minimum Gasteiger partial charge on any atom is -0.510 e. The van der Waals surface area contributed by atoms with Crippen LogP contribution in [0.2, 0.25) is 0 Å². The molecule has 2 heterocycles. The number of nitrogens with zero attached hydrogens (tertiary/aromatic N) is 7. The molecular formula is C68H118N12O17. The summed E-state index contributed by atoms with van der Waals surface area (Å²) < 4.78 is 16.8. The minimum absolute atomic E-state index is 0.0138. The van der Waals surface area contributed by atoms with E-state index in [2.05, 4.69) is 26.6 Å². The summed E-state index contributed by atoms with van der Waals surface area (Å²) in [6.45, 7) is 29.8. The van der Waals surface area contributed by atoms with Gasteiger partial charge in [-0.15, -0.1) is 0 Å². The van der Waals surface area contributed by atoms with Gasteiger partial charge in [0, 0.05) is 62.3 Å². The van der Waals surface area contributed by atoms with Gasteiger partial charge in [0.2, 0.25) is 59.1 Å². The van der Waals surface area contributed by atoms with Crippen LogP contribution in [0.5, 0.6) is 0 Å². The van der Waals surface area contributed by atoms with Gasteiger partial charge in [-0.3, -0.25) is 57.5 Å². The molecule has 13 atom stereocenters. The molecule has 0 spiro atoms. The fraction of sp³-hybridized carbons (Fsp3) is 0.779. The Kier molecular flexibility index (Phi) is 34.5. The molecule has 2 aliphatic rings. The Labute approximate surface area is 575 Å². The maximum atomic E-state index is 15.3. The number of esters is 1. The Bertz CT molecular complexity index is 2790. The predicted molar refractivity (Wildman–Crippen MR) is 363 cm³/mol. The summed E-state index contributed by atoms with van der Waals surface area (Å²) in [6.07, 6.45) is -2.12. The number of allylic oxidation sites excluding steroid dienone is 1. The number of rotatable bonds is 17. The standard InChI is InChI=1S/C68H118N12O17/c1-25-26-27-41(12)56(82)55-61(87)73-52(45(16)96-47(18)81)66(92)74(19)44(15)63(89)78(23)54(46(17)97-68(94)80-28-30-95-31-29-80)60(86)72-48(32-36(2)3)64(90)76(21)50(34-38(6)7)58(84)69-42(13)57(83)70-43(14)62(88)75(20)51(35-39(8)9)59(85)71-49(33-37(4)5)65(91)77(22)53(40(10)11)67(93)79(55)24/h36-40,42-46,48-55,82H,25-35H2,1-24H3,(H,69,84)(H,70,83)(H,71,85)(H,72,86)(H,73,87)/t42-,43+,44+,45+,46?,48-,49-,50-,51-,52-,53-,54-,55-/m0/s1. The first-order valence-electron chi connectivity index (χ1n) is 34.2. The van der Waals surface area contributed by atoms with Gasteiger partial charge in [-0.25, -0.2) is 4.79 Å². The number of unbranched alkanes of at least 4 members (excludes halogenated alkanes) is 1. The van der Waals surface area contributed by atoms with Crippen LogP contribution in [0.25, 0.3) is 0 Å². The third-order valence-corrected chi connectivity index (χ3v) is 17.7. The molecule has 0 aromatic carbocycles. The van der Waals surface area contributed by atoms with Crippen molar-refractivity contribution in [1.29, 1.82) is 0 Å². The maximum Gasteiger partial charge on any atom is 0.410 e. The number of aliphatic hydroxyl groups excluding tert-OH is 1. The molecule has 97 heavy (non-hydrogen) atoms. The number of hydrogen-bond donors (Lipinski definition) is 6. The molecule has 29 heteroatoms. The van der Waals surface area contributed by atoms with Gasteiger partial charge in [-0.1, -0.05) is 82.6 Å². The highest BCUT2D eigenvalue weighted by molar-refractivity contribution is 6.00. The second-order valence-corrected chi connectivity index (χ2v) is 28.3. The lowest BCUT2D eigenvalue weighted by atomic mass is 9.96. The maximum absolute atomic E-state index is 15.3. The van der Waals surface area contributed by atoms with E-state index in [0.717, 1.165) is 31.4 Å². The summed E-state index contributed by atoms with van der Waals surface area (Å²) in [5, 5.41) is 25.8. The molecule has 2 saturated heterocycles. The molecule has 0 saturated carbocycles. The molecule has 1 unspecified atom stereocenters. The van der Waals surface area contributed by atoms with E-state index in [-0.39, 0.29) is 82.1 Å². The van der Waals surface area contributed by atoms with Crippen molar-refractivity contribution in [3.05, 3.63) is 11.3 Å². The molecule has 2 rings (SSSR count). The van der Waals surface area contributed by atoms with Gasteiger partial charge in [0.05, 0.1) is 13.2 Å². The summed E-state index contributed by atoms with van der Waals surface area (Å²) >= 11 is 0. The number of carbonyl (C=O) groups is 13. The number of aliphatic hydroxyl groups is 1. The van der Waals surface area contributed by atoms with Crippen molar-refractivity contribution in [2.75, 3.05) is 68.6 Å². The first kappa shape index (κ1) is 85.5. The van der Waals surface area contributed by atoms with Gasteiger partial charge in [0.25, 0.3) is 5.91 Å². The van der Waals surface area contributed by atoms with Crippen molar-refractivity contribution in [2.24, 2.45) is 29.6 Å². The third kappa shape index (κ3) is 24.4. The van der Waals surface area contributed by atoms with Gasteiger partial charge in [0.15, 0.2) is 6.04 Å². The zero-order chi connectivity index (χ0) is 74.5. The van der Waals surface area contributed by atoms with Crippen molar-refractivity contribution in [2.45, 2.75) is 248 Å². The molecule has 6 N–H and O–H groups in total. The average Bonchev–Trinajstić information content (AvgIpc) is 0.808. The smallest absolute Gasteiger partial charge is 0.410 e. The fourth-order valence-electron chi connectivity index (χ4n) is 11.9.